The van der Waals surface area contributed by atoms with Gasteiger partial charge in [-0.3, -0.25) is 4.79 Å². The second-order valence-corrected chi connectivity index (χ2v) is 4.79. The minimum absolute atomic E-state index is 0.109. The van der Waals surface area contributed by atoms with Gasteiger partial charge in [-0.25, -0.2) is 4.39 Å². The van der Waals surface area contributed by atoms with Crippen molar-refractivity contribution in [3.8, 4) is 0 Å². The van der Waals surface area contributed by atoms with Gasteiger partial charge in [-0.05, 0) is 37.5 Å². The molecule has 1 saturated carbocycles. The number of amides is 1. The molecule has 0 radical (unpaired) electrons. The fourth-order valence-corrected chi connectivity index (χ4v) is 1.94. The molecule has 0 aromatic heterocycles. The van der Waals surface area contributed by atoms with E-state index >= 15 is 0 Å². The Morgan fingerprint density at radius 1 is 1.59 bits per heavy atom. The zero-order chi connectivity index (χ0) is 12.4. The number of hydrogen-bond acceptors (Lipinski definition) is 2. The normalized spacial score (nSPS) is 16.6. The highest BCUT2D eigenvalue weighted by molar-refractivity contribution is 5.99. The molecule has 0 spiro atoms. The summed E-state index contributed by atoms with van der Waals surface area (Å²) in [6.07, 6.45) is 3.49. The predicted molar refractivity (Wildman–Crippen MR) is 65.1 cm³/mol. The molecule has 1 aromatic rings. The Balaban J connectivity index is 2.00. The number of carbonyl (C=O) groups is 1. The third kappa shape index (κ3) is 3.19. The molecule has 0 bridgehead atoms. The molecular formula is C13H17FN2O. The van der Waals surface area contributed by atoms with Crippen molar-refractivity contribution in [1.29, 1.82) is 0 Å². The van der Waals surface area contributed by atoms with Crippen LogP contribution < -0.4 is 11.1 Å². The number of nitrogens with two attached hydrogens (primary N) is 1. The summed E-state index contributed by atoms with van der Waals surface area (Å²) in [5.41, 5.74) is 6.18. The highest BCUT2D eigenvalue weighted by Crippen LogP contribution is 2.33. The fourth-order valence-electron chi connectivity index (χ4n) is 1.94. The van der Waals surface area contributed by atoms with Gasteiger partial charge in [0.25, 0.3) is 5.91 Å². The van der Waals surface area contributed by atoms with E-state index in [2.05, 4.69) is 5.32 Å². The van der Waals surface area contributed by atoms with Crippen molar-refractivity contribution in [2.45, 2.75) is 32.2 Å². The second kappa shape index (κ2) is 4.73. The summed E-state index contributed by atoms with van der Waals surface area (Å²) >= 11 is 0. The van der Waals surface area contributed by atoms with Gasteiger partial charge in [-0.2, -0.15) is 0 Å². The Morgan fingerprint density at radius 2 is 2.29 bits per heavy atom. The predicted octanol–water partition coefficient (Wildman–Crippen LogP) is 2.33. The molecule has 3 N–H and O–H groups in total. The third-order valence-electron chi connectivity index (χ3n) is 3.02. The monoisotopic (exact) mass is 236 g/mol. The Labute approximate surface area is 100 Å². The van der Waals surface area contributed by atoms with Crippen LogP contribution in [-0.2, 0) is 0 Å². The number of benzene rings is 1. The van der Waals surface area contributed by atoms with Crippen LogP contribution >= 0.6 is 0 Å². The number of halogens is 1. The lowest BCUT2D eigenvalue weighted by atomic mass is 10.1. The van der Waals surface area contributed by atoms with Crippen LogP contribution in [0.2, 0.25) is 0 Å². The smallest absolute Gasteiger partial charge is 0.253 e. The summed E-state index contributed by atoms with van der Waals surface area (Å²) in [6, 6.07) is 3.95. The number of hydrogen-bond donors (Lipinski definition) is 2. The number of anilines is 1. The molecule has 0 saturated heterocycles. The molecule has 0 aliphatic heterocycles. The first-order chi connectivity index (χ1) is 8.06. The number of carbonyl (C=O) groups excluding carboxylic acids is 1. The van der Waals surface area contributed by atoms with Gasteiger partial charge < -0.3 is 11.1 Å². The van der Waals surface area contributed by atoms with Crippen molar-refractivity contribution in [2.24, 2.45) is 5.92 Å². The van der Waals surface area contributed by atoms with Crippen LogP contribution in [0.4, 0.5) is 10.1 Å². The van der Waals surface area contributed by atoms with E-state index in [1.54, 1.807) is 0 Å². The lowest BCUT2D eigenvalue weighted by Crippen LogP contribution is -2.33. The van der Waals surface area contributed by atoms with E-state index in [1.165, 1.54) is 31.0 Å². The molecule has 92 valence electrons. The molecule has 1 unspecified atom stereocenters. The zero-order valence-electron chi connectivity index (χ0n) is 9.87. The maximum absolute atomic E-state index is 13.0. The molecule has 17 heavy (non-hydrogen) atoms. The molecule has 0 heterocycles. The molecule has 1 atom stereocenters. The van der Waals surface area contributed by atoms with Crippen LogP contribution in [0.25, 0.3) is 0 Å². The first kappa shape index (κ1) is 11.9. The van der Waals surface area contributed by atoms with Gasteiger partial charge in [0.05, 0.1) is 5.56 Å². The average molecular weight is 236 g/mol. The topological polar surface area (TPSA) is 55.1 Å². The maximum atomic E-state index is 13.0. The van der Waals surface area contributed by atoms with Crippen LogP contribution in [0, 0.1) is 11.7 Å². The van der Waals surface area contributed by atoms with Crippen molar-refractivity contribution in [1.82, 2.24) is 5.32 Å². The fraction of sp³-hybridized carbons (Fsp3) is 0.462. The first-order valence-electron chi connectivity index (χ1n) is 5.92. The zero-order valence-corrected chi connectivity index (χ0v) is 9.87. The van der Waals surface area contributed by atoms with E-state index in [4.69, 9.17) is 5.73 Å². The average Bonchev–Trinajstić information content (AvgIpc) is 3.05. The van der Waals surface area contributed by atoms with Crippen LogP contribution in [0.1, 0.15) is 36.5 Å². The summed E-state index contributed by atoms with van der Waals surface area (Å²) in [7, 11) is 0. The van der Waals surface area contributed by atoms with Gasteiger partial charge in [-0.1, -0.05) is 12.8 Å². The quantitative estimate of drug-likeness (QED) is 0.788. The van der Waals surface area contributed by atoms with Crippen molar-refractivity contribution in [3.05, 3.63) is 29.6 Å². The molecule has 1 fully saturated rings. The minimum Gasteiger partial charge on any atom is -0.398 e. The molecule has 1 aromatic carbocycles. The molecule has 2 rings (SSSR count). The Kier molecular flexibility index (Phi) is 3.31. The molecular weight excluding hydrogens is 219 g/mol. The third-order valence-corrected chi connectivity index (χ3v) is 3.02. The summed E-state index contributed by atoms with van der Waals surface area (Å²) in [5, 5.41) is 2.85. The Hall–Kier alpha value is -1.58. The van der Waals surface area contributed by atoms with E-state index in [1.807, 2.05) is 6.92 Å². The van der Waals surface area contributed by atoms with Crippen LogP contribution in [0.5, 0.6) is 0 Å². The van der Waals surface area contributed by atoms with E-state index < -0.39 is 5.82 Å². The van der Waals surface area contributed by atoms with Crippen molar-refractivity contribution < 1.29 is 9.18 Å². The standard InChI is InChI=1S/C13H17FN2O/c1-8(6-9-2-3-9)16-13(17)11-7-10(14)4-5-12(11)15/h4-5,7-9H,2-3,6,15H2,1H3,(H,16,17). The number of rotatable bonds is 4. The number of nitrogen functional groups attached to an aromatic ring is 1. The lowest BCUT2D eigenvalue weighted by Gasteiger charge is -2.14. The molecule has 3 nitrogen and oxygen atoms in total. The van der Waals surface area contributed by atoms with E-state index in [-0.39, 0.29) is 17.5 Å². The van der Waals surface area contributed by atoms with Gasteiger partial charge in [0.2, 0.25) is 0 Å². The summed E-state index contributed by atoms with van der Waals surface area (Å²) in [4.78, 5) is 11.9. The van der Waals surface area contributed by atoms with Crippen LogP contribution in [-0.4, -0.2) is 11.9 Å². The largest absolute Gasteiger partial charge is 0.398 e. The summed E-state index contributed by atoms with van der Waals surface area (Å²) in [5.74, 6) is 0.00417. The first-order valence-corrected chi connectivity index (χ1v) is 5.92. The van der Waals surface area contributed by atoms with E-state index in [0.717, 1.165) is 12.3 Å². The van der Waals surface area contributed by atoms with Gasteiger partial charge >= 0.3 is 0 Å². The van der Waals surface area contributed by atoms with E-state index in [9.17, 15) is 9.18 Å². The molecule has 1 amide bonds. The van der Waals surface area contributed by atoms with Gasteiger partial charge in [0, 0.05) is 11.7 Å². The Morgan fingerprint density at radius 3 is 2.94 bits per heavy atom. The Bertz CT molecular complexity index is 429. The molecule has 1 aliphatic carbocycles. The highest BCUT2D eigenvalue weighted by Gasteiger charge is 2.24. The van der Waals surface area contributed by atoms with Crippen LogP contribution in [0.3, 0.4) is 0 Å². The van der Waals surface area contributed by atoms with Gasteiger partial charge in [-0.15, -0.1) is 0 Å². The molecule has 4 heteroatoms. The van der Waals surface area contributed by atoms with E-state index in [0.29, 0.717) is 5.69 Å². The van der Waals surface area contributed by atoms with Gasteiger partial charge in [0.1, 0.15) is 5.82 Å². The van der Waals surface area contributed by atoms with Crippen molar-refractivity contribution in [3.63, 3.8) is 0 Å². The highest BCUT2D eigenvalue weighted by atomic mass is 19.1. The summed E-state index contributed by atoms with van der Waals surface area (Å²) < 4.78 is 13.0. The number of nitrogens with one attached hydrogen (secondary N) is 1. The maximum Gasteiger partial charge on any atom is 0.253 e. The van der Waals surface area contributed by atoms with Crippen LogP contribution in [0.15, 0.2) is 18.2 Å². The van der Waals surface area contributed by atoms with Crippen molar-refractivity contribution in [2.75, 3.05) is 5.73 Å². The molecule has 1 aliphatic rings. The second-order valence-electron chi connectivity index (χ2n) is 4.79. The van der Waals surface area contributed by atoms with Gasteiger partial charge in [0.15, 0.2) is 0 Å². The minimum atomic E-state index is -0.445. The lowest BCUT2D eigenvalue weighted by molar-refractivity contribution is 0.0938. The summed E-state index contributed by atoms with van der Waals surface area (Å²) in [6.45, 7) is 1.96. The SMILES string of the molecule is CC(CC1CC1)NC(=O)c1cc(F)ccc1N. The van der Waals surface area contributed by atoms with Crippen molar-refractivity contribution >= 4 is 11.6 Å².